The zero-order chi connectivity index (χ0) is 14.5. The summed E-state index contributed by atoms with van der Waals surface area (Å²) in [7, 11) is -3.74. The van der Waals surface area contributed by atoms with Crippen molar-refractivity contribution in [3.05, 3.63) is 52.1 Å². The minimum Gasteiger partial charge on any atom is -0.456 e. The quantitative estimate of drug-likeness (QED) is 0.436. The van der Waals surface area contributed by atoms with Crippen LogP contribution in [0.1, 0.15) is 26.3 Å². The number of hydrogen-bond acceptors (Lipinski definition) is 6. The molecule has 1 rings (SSSR count). The molecule has 0 N–H and O–H groups in total. The standard InChI is InChI=1S/C12H15O6Si.3CH3.Pt/c1-9(13)16-19(17-10(2)14,18-11(3)15)8-12-6-4-5-7-12;;;;/h4-7H,8H2,1-3H3;3*1H3;/q4*-1;+4. The molecule has 1 aromatic rings. The van der Waals surface area contributed by atoms with Crippen LogP contribution in [-0.4, -0.2) is 26.7 Å². The summed E-state index contributed by atoms with van der Waals surface area (Å²) in [6.45, 7) is 3.50. The summed E-state index contributed by atoms with van der Waals surface area (Å²) in [6, 6.07) is 7.16. The Labute approximate surface area is 154 Å². The Balaban J connectivity index is -0.000000451. The van der Waals surface area contributed by atoms with Crippen LogP contribution in [0.15, 0.2) is 24.3 Å². The molecule has 23 heavy (non-hydrogen) atoms. The number of carbonyl (C=O) groups is 3. The van der Waals surface area contributed by atoms with Crippen LogP contribution in [-0.2, 0) is 54.8 Å². The van der Waals surface area contributed by atoms with Crippen LogP contribution >= 0.6 is 0 Å². The Morgan fingerprint density at radius 1 is 0.826 bits per heavy atom. The fourth-order valence-corrected chi connectivity index (χ4v) is 4.00. The fourth-order valence-electron chi connectivity index (χ4n) is 1.61. The van der Waals surface area contributed by atoms with Gasteiger partial charge in [0.2, 0.25) is 0 Å². The maximum absolute atomic E-state index is 11.2. The molecule has 0 saturated carbocycles. The van der Waals surface area contributed by atoms with Crippen LogP contribution in [0, 0.1) is 22.3 Å². The maximum atomic E-state index is 11.2. The minimum atomic E-state index is -3.74. The summed E-state index contributed by atoms with van der Waals surface area (Å²) >= 11 is 0. The van der Waals surface area contributed by atoms with E-state index >= 15 is 0 Å². The molecule has 1 aromatic carbocycles. The molecular weight excluding hydrogens is 499 g/mol. The van der Waals surface area contributed by atoms with Crippen molar-refractivity contribution in [2.75, 3.05) is 0 Å². The molecule has 0 radical (unpaired) electrons. The molecule has 0 aliphatic rings. The third-order valence-electron chi connectivity index (χ3n) is 2.05. The Bertz CT molecular complexity index is 432. The van der Waals surface area contributed by atoms with Crippen molar-refractivity contribution in [2.24, 2.45) is 0 Å². The second kappa shape index (κ2) is 13.1. The molecule has 0 bridgehead atoms. The molecule has 0 fully saturated rings. The van der Waals surface area contributed by atoms with Gasteiger partial charge in [0.25, 0.3) is 17.9 Å². The molecule has 0 amide bonds. The van der Waals surface area contributed by atoms with E-state index in [1.54, 1.807) is 24.3 Å². The molecule has 0 aromatic heterocycles. The van der Waals surface area contributed by atoms with Gasteiger partial charge in [0, 0.05) is 26.8 Å². The van der Waals surface area contributed by atoms with Crippen molar-refractivity contribution in [3.8, 4) is 0 Å². The molecular formula is C15H24O6PtSi. The summed E-state index contributed by atoms with van der Waals surface area (Å²) in [6.07, 6.45) is 0. The van der Waals surface area contributed by atoms with Gasteiger partial charge in [-0.1, -0.05) is 0 Å². The van der Waals surface area contributed by atoms with Gasteiger partial charge in [-0.25, -0.2) is 12.1 Å². The van der Waals surface area contributed by atoms with Gasteiger partial charge in [-0.2, -0.15) is 12.1 Å². The zero-order valence-electron chi connectivity index (χ0n) is 14.3. The Morgan fingerprint density at radius 3 is 1.39 bits per heavy atom. The van der Waals surface area contributed by atoms with Crippen molar-refractivity contribution in [2.45, 2.75) is 26.8 Å². The normalized spacial score (nSPS) is 8.83. The molecule has 0 atom stereocenters. The fraction of sp³-hybridized carbons (Fsp3) is 0.267. The van der Waals surface area contributed by atoms with E-state index in [0.717, 1.165) is 5.56 Å². The van der Waals surface area contributed by atoms with Crippen LogP contribution in [0.5, 0.6) is 0 Å². The average molecular weight is 524 g/mol. The third kappa shape index (κ3) is 10.9. The minimum absolute atomic E-state index is 0. The Morgan fingerprint density at radius 2 is 1.13 bits per heavy atom. The van der Waals surface area contributed by atoms with Crippen LogP contribution in [0.3, 0.4) is 0 Å². The van der Waals surface area contributed by atoms with Gasteiger partial charge in [-0.15, -0.1) is 5.56 Å². The van der Waals surface area contributed by atoms with E-state index < -0.39 is 26.7 Å². The van der Waals surface area contributed by atoms with Crippen molar-refractivity contribution in [1.29, 1.82) is 0 Å². The summed E-state index contributed by atoms with van der Waals surface area (Å²) in [4.78, 5) is 33.5. The van der Waals surface area contributed by atoms with Crippen molar-refractivity contribution < 1.29 is 48.7 Å². The van der Waals surface area contributed by atoms with E-state index in [1.807, 2.05) is 0 Å². The first-order valence-electron chi connectivity index (χ1n) is 5.62. The van der Waals surface area contributed by atoms with Crippen LogP contribution in [0.4, 0.5) is 0 Å². The predicted octanol–water partition coefficient (Wildman–Crippen LogP) is 2.46. The van der Waals surface area contributed by atoms with Gasteiger partial charge >= 0.3 is 29.9 Å². The third-order valence-corrected chi connectivity index (χ3v) is 4.69. The van der Waals surface area contributed by atoms with E-state index in [1.165, 1.54) is 20.8 Å². The molecule has 0 aliphatic heterocycles. The Hall–Kier alpha value is -1.33. The molecule has 0 aliphatic carbocycles. The molecule has 6 nitrogen and oxygen atoms in total. The van der Waals surface area contributed by atoms with Gasteiger partial charge in [-0.3, -0.25) is 14.4 Å². The molecule has 134 valence electrons. The Kier molecular flexibility index (Phi) is 16.9. The van der Waals surface area contributed by atoms with Crippen molar-refractivity contribution in [1.82, 2.24) is 0 Å². The van der Waals surface area contributed by atoms with E-state index in [9.17, 15) is 14.4 Å². The van der Waals surface area contributed by atoms with E-state index in [-0.39, 0.29) is 49.4 Å². The maximum Gasteiger partial charge on any atom is 4.00 e. The topological polar surface area (TPSA) is 78.9 Å². The van der Waals surface area contributed by atoms with Gasteiger partial charge < -0.3 is 35.6 Å². The molecule has 8 heteroatoms. The summed E-state index contributed by atoms with van der Waals surface area (Å²) in [5, 5.41) is 0. The van der Waals surface area contributed by atoms with Gasteiger partial charge in [0.15, 0.2) is 0 Å². The average Bonchev–Trinajstić information content (AvgIpc) is 2.65. The van der Waals surface area contributed by atoms with Crippen molar-refractivity contribution in [3.63, 3.8) is 0 Å². The largest absolute Gasteiger partial charge is 4.00 e. The van der Waals surface area contributed by atoms with E-state index in [4.69, 9.17) is 13.3 Å². The molecule has 0 saturated heterocycles. The van der Waals surface area contributed by atoms with Gasteiger partial charge in [0.1, 0.15) is 0 Å². The number of carbonyl (C=O) groups excluding carboxylic acids is 3. The first kappa shape index (κ1) is 29.6. The smallest absolute Gasteiger partial charge is 0.456 e. The van der Waals surface area contributed by atoms with Crippen molar-refractivity contribution >= 4 is 26.7 Å². The van der Waals surface area contributed by atoms with Crippen LogP contribution in [0.25, 0.3) is 0 Å². The molecule has 0 unspecified atom stereocenters. The second-order valence-electron chi connectivity index (χ2n) is 3.93. The van der Waals surface area contributed by atoms with E-state index in [0.29, 0.717) is 0 Å². The van der Waals surface area contributed by atoms with E-state index in [2.05, 4.69) is 0 Å². The first-order valence-corrected chi connectivity index (χ1v) is 7.55. The van der Waals surface area contributed by atoms with Crippen LogP contribution < -0.4 is 0 Å². The van der Waals surface area contributed by atoms with Crippen LogP contribution in [0.2, 0.25) is 0 Å². The SMILES string of the molecule is CC(=O)O[Si](C[c-]1cccc1)(OC(C)=O)OC(C)=O.[CH3-].[CH3-].[CH3-].[Pt+4]. The first-order chi connectivity index (χ1) is 8.83. The summed E-state index contributed by atoms with van der Waals surface area (Å²) in [5.41, 5.74) is 0.760. The summed E-state index contributed by atoms with van der Waals surface area (Å²) < 4.78 is 15.1. The number of rotatable bonds is 5. The summed E-state index contributed by atoms with van der Waals surface area (Å²) in [5.74, 6) is -2.00. The zero-order valence-corrected chi connectivity index (χ0v) is 17.6. The molecule has 0 spiro atoms. The second-order valence-corrected chi connectivity index (χ2v) is 6.27. The monoisotopic (exact) mass is 523 g/mol. The number of hydrogen-bond donors (Lipinski definition) is 0. The molecule has 0 heterocycles. The van der Waals surface area contributed by atoms with Gasteiger partial charge in [0.05, 0.1) is 0 Å². The predicted molar refractivity (Wildman–Crippen MR) is 86.0 cm³/mol. The van der Waals surface area contributed by atoms with Gasteiger partial charge in [-0.05, 0) is 0 Å².